The smallest absolute Gasteiger partial charge is 0.123 e. The monoisotopic (exact) mass is 230 g/mol. The molecule has 0 aliphatic rings. The summed E-state index contributed by atoms with van der Waals surface area (Å²) in [6.45, 7) is 0.542. The van der Waals surface area contributed by atoms with Crippen LogP contribution in [0, 0.1) is 5.82 Å². The quantitative estimate of drug-likeness (QED) is 0.876. The third-order valence-electron chi connectivity index (χ3n) is 2.83. The Bertz CT molecular complexity index is 471. The Morgan fingerprint density at radius 1 is 1.18 bits per heavy atom. The molecule has 2 N–H and O–H groups in total. The molecule has 3 heteroatoms. The fourth-order valence-electron chi connectivity index (χ4n) is 1.92. The molecule has 0 aliphatic carbocycles. The highest BCUT2D eigenvalue weighted by Crippen LogP contribution is 2.19. The molecule has 2 rings (SSSR count). The summed E-state index contributed by atoms with van der Waals surface area (Å²) in [5.41, 5.74) is 7.89. The van der Waals surface area contributed by atoms with Gasteiger partial charge in [-0.2, -0.15) is 0 Å². The summed E-state index contributed by atoms with van der Waals surface area (Å²) >= 11 is 0. The first-order valence-electron chi connectivity index (χ1n) is 5.64. The molecule has 0 fully saturated rings. The van der Waals surface area contributed by atoms with Crippen LogP contribution in [0.4, 0.5) is 4.39 Å². The number of benzene rings is 1. The summed E-state index contributed by atoms with van der Waals surface area (Å²) in [5, 5.41) is 0. The van der Waals surface area contributed by atoms with E-state index in [4.69, 9.17) is 5.73 Å². The maximum absolute atomic E-state index is 13.1. The van der Waals surface area contributed by atoms with Gasteiger partial charge >= 0.3 is 0 Å². The van der Waals surface area contributed by atoms with Crippen molar-refractivity contribution < 1.29 is 4.39 Å². The second kappa shape index (κ2) is 5.55. The van der Waals surface area contributed by atoms with Crippen LogP contribution in [-0.4, -0.2) is 11.5 Å². The van der Waals surface area contributed by atoms with Crippen molar-refractivity contribution >= 4 is 0 Å². The zero-order valence-electron chi connectivity index (χ0n) is 9.51. The SMILES string of the molecule is NCC(Cc1cccc(F)c1)c1ccncc1. The van der Waals surface area contributed by atoms with Gasteiger partial charge in [0.15, 0.2) is 0 Å². The zero-order chi connectivity index (χ0) is 12.1. The molecule has 88 valence electrons. The molecule has 0 saturated carbocycles. The van der Waals surface area contributed by atoms with E-state index in [0.717, 1.165) is 17.5 Å². The van der Waals surface area contributed by atoms with E-state index >= 15 is 0 Å². The van der Waals surface area contributed by atoms with Crippen molar-refractivity contribution in [3.8, 4) is 0 Å². The van der Waals surface area contributed by atoms with Crippen LogP contribution in [0.5, 0.6) is 0 Å². The molecule has 2 aromatic rings. The maximum Gasteiger partial charge on any atom is 0.123 e. The summed E-state index contributed by atoms with van der Waals surface area (Å²) < 4.78 is 13.1. The van der Waals surface area contributed by atoms with Gasteiger partial charge in [-0.05, 0) is 48.4 Å². The Morgan fingerprint density at radius 3 is 2.59 bits per heavy atom. The lowest BCUT2D eigenvalue weighted by atomic mass is 9.93. The molecule has 2 nitrogen and oxygen atoms in total. The first-order chi connectivity index (χ1) is 8.29. The van der Waals surface area contributed by atoms with Crippen LogP contribution in [0.2, 0.25) is 0 Å². The standard InChI is InChI=1S/C14H15FN2/c15-14-3-1-2-11(9-14)8-13(10-16)12-4-6-17-7-5-12/h1-7,9,13H,8,10,16H2. The van der Waals surface area contributed by atoms with Gasteiger partial charge in [0, 0.05) is 18.3 Å². The summed E-state index contributed by atoms with van der Waals surface area (Å²) in [7, 11) is 0. The van der Waals surface area contributed by atoms with Crippen molar-refractivity contribution in [3.05, 3.63) is 65.7 Å². The third kappa shape index (κ3) is 3.11. The Kier molecular flexibility index (Phi) is 3.83. The van der Waals surface area contributed by atoms with Gasteiger partial charge in [-0.15, -0.1) is 0 Å². The fraction of sp³-hybridized carbons (Fsp3) is 0.214. The number of pyridine rings is 1. The predicted octanol–water partition coefficient (Wildman–Crippen LogP) is 2.51. The van der Waals surface area contributed by atoms with Crippen molar-refractivity contribution in [2.24, 2.45) is 5.73 Å². The summed E-state index contributed by atoms with van der Waals surface area (Å²) in [5.74, 6) is 0.00722. The number of hydrogen-bond donors (Lipinski definition) is 1. The van der Waals surface area contributed by atoms with E-state index in [9.17, 15) is 4.39 Å². The number of halogens is 1. The van der Waals surface area contributed by atoms with Gasteiger partial charge in [0.25, 0.3) is 0 Å². The molecular formula is C14H15FN2. The molecule has 1 heterocycles. The van der Waals surface area contributed by atoms with Gasteiger partial charge in [-0.25, -0.2) is 4.39 Å². The zero-order valence-corrected chi connectivity index (χ0v) is 9.51. The molecule has 0 aliphatic heterocycles. The lowest BCUT2D eigenvalue weighted by Gasteiger charge is -2.15. The van der Waals surface area contributed by atoms with Crippen LogP contribution >= 0.6 is 0 Å². The lowest BCUT2D eigenvalue weighted by Crippen LogP contribution is -2.15. The second-order valence-electron chi connectivity index (χ2n) is 4.05. The van der Waals surface area contributed by atoms with Gasteiger partial charge < -0.3 is 5.73 Å². The molecule has 0 radical (unpaired) electrons. The van der Waals surface area contributed by atoms with Crippen molar-refractivity contribution in [3.63, 3.8) is 0 Å². The molecule has 0 amide bonds. The first-order valence-corrected chi connectivity index (χ1v) is 5.64. The average Bonchev–Trinajstić information content (AvgIpc) is 2.37. The normalized spacial score (nSPS) is 12.4. The molecular weight excluding hydrogens is 215 g/mol. The van der Waals surface area contributed by atoms with E-state index in [2.05, 4.69) is 4.98 Å². The van der Waals surface area contributed by atoms with E-state index < -0.39 is 0 Å². The number of nitrogens with zero attached hydrogens (tertiary/aromatic N) is 1. The largest absolute Gasteiger partial charge is 0.330 e. The van der Waals surface area contributed by atoms with Gasteiger partial charge in [-0.3, -0.25) is 4.98 Å². The Morgan fingerprint density at radius 2 is 1.94 bits per heavy atom. The average molecular weight is 230 g/mol. The lowest BCUT2D eigenvalue weighted by molar-refractivity contribution is 0.620. The highest BCUT2D eigenvalue weighted by atomic mass is 19.1. The number of aromatic nitrogens is 1. The molecule has 0 saturated heterocycles. The van der Waals surface area contributed by atoms with E-state index in [0.29, 0.717) is 6.54 Å². The van der Waals surface area contributed by atoms with Gasteiger partial charge in [0.1, 0.15) is 5.82 Å². The summed E-state index contributed by atoms with van der Waals surface area (Å²) in [4.78, 5) is 3.98. The number of rotatable bonds is 4. The summed E-state index contributed by atoms with van der Waals surface area (Å²) in [6.07, 6.45) is 4.26. The highest BCUT2D eigenvalue weighted by molar-refractivity contribution is 5.23. The van der Waals surface area contributed by atoms with E-state index in [-0.39, 0.29) is 11.7 Å². The van der Waals surface area contributed by atoms with E-state index in [1.807, 2.05) is 18.2 Å². The van der Waals surface area contributed by atoms with Crippen LogP contribution in [0.15, 0.2) is 48.8 Å². The van der Waals surface area contributed by atoms with Gasteiger partial charge in [0.2, 0.25) is 0 Å². The van der Waals surface area contributed by atoms with Gasteiger partial charge in [0.05, 0.1) is 0 Å². The van der Waals surface area contributed by atoms with Crippen molar-refractivity contribution in [2.75, 3.05) is 6.54 Å². The van der Waals surface area contributed by atoms with Gasteiger partial charge in [-0.1, -0.05) is 12.1 Å². The Balaban J connectivity index is 2.16. The van der Waals surface area contributed by atoms with E-state index in [1.54, 1.807) is 24.5 Å². The van der Waals surface area contributed by atoms with Crippen molar-refractivity contribution in [2.45, 2.75) is 12.3 Å². The molecule has 17 heavy (non-hydrogen) atoms. The molecule has 1 unspecified atom stereocenters. The van der Waals surface area contributed by atoms with Crippen LogP contribution in [0.25, 0.3) is 0 Å². The minimum atomic E-state index is -0.201. The predicted molar refractivity (Wildman–Crippen MR) is 66.1 cm³/mol. The fourth-order valence-corrected chi connectivity index (χ4v) is 1.92. The minimum Gasteiger partial charge on any atom is -0.330 e. The molecule has 1 aromatic heterocycles. The van der Waals surface area contributed by atoms with Crippen LogP contribution in [0.1, 0.15) is 17.0 Å². The molecule has 0 spiro atoms. The van der Waals surface area contributed by atoms with Crippen molar-refractivity contribution in [1.29, 1.82) is 0 Å². The van der Waals surface area contributed by atoms with E-state index in [1.165, 1.54) is 6.07 Å². The minimum absolute atomic E-state index is 0.201. The number of hydrogen-bond acceptors (Lipinski definition) is 2. The Hall–Kier alpha value is -1.74. The Labute approximate surface area is 100 Å². The van der Waals surface area contributed by atoms with Crippen LogP contribution < -0.4 is 5.73 Å². The summed E-state index contributed by atoms with van der Waals surface area (Å²) in [6, 6.07) is 10.6. The first kappa shape index (κ1) is 11.7. The maximum atomic E-state index is 13.1. The molecule has 0 bridgehead atoms. The van der Waals surface area contributed by atoms with Crippen molar-refractivity contribution in [1.82, 2.24) is 4.98 Å². The topological polar surface area (TPSA) is 38.9 Å². The molecule has 1 atom stereocenters. The third-order valence-corrected chi connectivity index (χ3v) is 2.83. The highest BCUT2D eigenvalue weighted by Gasteiger charge is 2.10. The number of nitrogens with two attached hydrogens (primary N) is 1. The molecule has 1 aromatic carbocycles. The van der Waals surface area contributed by atoms with Crippen LogP contribution in [0.3, 0.4) is 0 Å². The second-order valence-corrected chi connectivity index (χ2v) is 4.05. The van der Waals surface area contributed by atoms with Crippen LogP contribution in [-0.2, 0) is 6.42 Å².